The van der Waals surface area contributed by atoms with Gasteiger partial charge in [-0.3, -0.25) is 14.6 Å². The Labute approximate surface area is 164 Å². The third-order valence-corrected chi connectivity index (χ3v) is 5.74. The van der Waals surface area contributed by atoms with Gasteiger partial charge in [-0.05, 0) is 44.5 Å². The molecule has 1 unspecified atom stereocenters. The second-order valence-electron chi connectivity index (χ2n) is 7.74. The topological polar surface area (TPSA) is 44.8 Å². The summed E-state index contributed by atoms with van der Waals surface area (Å²) in [5.41, 5.74) is 1.31. The van der Waals surface area contributed by atoms with Gasteiger partial charge >= 0.3 is 0 Å². The highest BCUT2D eigenvalue weighted by Crippen LogP contribution is 2.23. The molecule has 0 aliphatic carbocycles. The molecule has 1 atom stereocenters. The molecule has 0 radical (unpaired) electrons. The quantitative estimate of drug-likeness (QED) is 0.761. The van der Waals surface area contributed by atoms with E-state index in [1.54, 1.807) is 0 Å². The molecule has 150 valence electrons. The number of carbonyl (C=O) groups excluding carboxylic acids is 1. The largest absolute Gasteiger partial charge is 0.379 e. The Morgan fingerprint density at radius 1 is 1.00 bits per heavy atom. The number of nitrogens with zero attached hydrogens (tertiary/aromatic N) is 2. The average Bonchev–Trinajstić information content (AvgIpc) is 2.99. The van der Waals surface area contributed by atoms with Crippen LogP contribution in [-0.4, -0.2) is 68.2 Å². The number of benzene rings is 1. The summed E-state index contributed by atoms with van der Waals surface area (Å²) in [6, 6.07) is 10.9. The summed E-state index contributed by atoms with van der Waals surface area (Å²) in [5.74, 6) is 0.180. The minimum atomic E-state index is 0.180. The Hall–Kier alpha value is -1.43. The molecule has 5 heteroatoms. The number of hydrogen-bond donors (Lipinski definition) is 1. The molecule has 0 spiro atoms. The SMILES string of the molecule is O=C(CCCN1CCOCC1)NCC(c1ccccc1)N1CCCCCC1. The van der Waals surface area contributed by atoms with E-state index in [1.165, 1.54) is 31.2 Å². The molecule has 2 saturated heterocycles. The number of nitrogens with one attached hydrogen (secondary N) is 1. The Morgan fingerprint density at radius 3 is 2.41 bits per heavy atom. The fourth-order valence-electron chi connectivity index (χ4n) is 4.13. The van der Waals surface area contributed by atoms with Crippen molar-refractivity contribution in [2.75, 3.05) is 52.5 Å². The number of likely N-dealkylation sites (tertiary alicyclic amines) is 1. The number of amides is 1. The third kappa shape index (κ3) is 6.91. The summed E-state index contributed by atoms with van der Waals surface area (Å²) in [5, 5.41) is 3.21. The van der Waals surface area contributed by atoms with Crippen molar-refractivity contribution >= 4 is 5.91 Å². The van der Waals surface area contributed by atoms with Gasteiger partial charge in [0.25, 0.3) is 0 Å². The van der Waals surface area contributed by atoms with Gasteiger partial charge in [0, 0.05) is 26.1 Å². The number of ether oxygens (including phenoxy) is 1. The fourth-order valence-corrected chi connectivity index (χ4v) is 4.13. The molecule has 1 aromatic rings. The highest BCUT2D eigenvalue weighted by atomic mass is 16.5. The maximum atomic E-state index is 12.4. The van der Waals surface area contributed by atoms with Crippen LogP contribution in [0, 0.1) is 0 Å². The minimum Gasteiger partial charge on any atom is -0.379 e. The van der Waals surface area contributed by atoms with Gasteiger partial charge < -0.3 is 10.1 Å². The summed E-state index contributed by atoms with van der Waals surface area (Å²) in [6.07, 6.45) is 6.70. The summed E-state index contributed by atoms with van der Waals surface area (Å²) in [7, 11) is 0. The molecule has 0 saturated carbocycles. The lowest BCUT2D eigenvalue weighted by atomic mass is 10.0. The highest BCUT2D eigenvalue weighted by molar-refractivity contribution is 5.75. The molecule has 2 aliphatic heterocycles. The van der Waals surface area contributed by atoms with E-state index in [-0.39, 0.29) is 11.9 Å². The lowest BCUT2D eigenvalue weighted by Gasteiger charge is -2.31. The first kappa shape index (κ1) is 20.3. The third-order valence-electron chi connectivity index (χ3n) is 5.74. The van der Waals surface area contributed by atoms with Gasteiger partial charge in [-0.15, -0.1) is 0 Å². The highest BCUT2D eigenvalue weighted by Gasteiger charge is 2.22. The van der Waals surface area contributed by atoms with Crippen molar-refractivity contribution in [2.24, 2.45) is 0 Å². The molecule has 0 bridgehead atoms. The van der Waals surface area contributed by atoms with Crippen molar-refractivity contribution in [1.82, 2.24) is 15.1 Å². The number of hydrogen-bond acceptors (Lipinski definition) is 4. The maximum absolute atomic E-state index is 12.4. The Morgan fingerprint density at radius 2 is 1.70 bits per heavy atom. The lowest BCUT2D eigenvalue weighted by Crippen LogP contribution is -2.39. The molecule has 2 heterocycles. The lowest BCUT2D eigenvalue weighted by molar-refractivity contribution is -0.121. The van der Waals surface area contributed by atoms with Crippen LogP contribution in [0.4, 0.5) is 0 Å². The fraction of sp³-hybridized carbons (Fsp3) is 0.682. The van der Waals surface area contributed by atoms with E-state index in [2.05, 4.69) is 45.4 Å². The van der Waals surface area contributed by atoms with Crippen molar-refractivity contribution < 1.29 is 9.53 Å². The van der Waals surface area contributed by atoms with Gasteiger partial charge in [0.05, 0.1) is 19.3 Å². The monoisotopic (exact) mass is 373 g/mol. The molecule has 1 amide bonds. The van der Waals surface area contributed by atoms with Gasteiger partial charge in [0.15, 0.2) is 0 Å². The predicted octanol–water partition coefficient (Wildman–Crippen LogP) is 2.83. The van der Waals surface area contributed by atoms with Crippen LogP contribution >= 0.6 is 0 Å². The summed E-state index contributed by atoms with van der Waals surface area (Å²) < 4.78 is 5.37. The molecule has 1 N–H and O–H groups in total. The molecule has 3 rings (SSSR count). The summed E-state index contributed by atoms with van der Waals surface area (Å²) in [6.45, 7) is 7.59. The first-order valence-corrected chi connectivity index (χ1v) is 10.7. The normalized spacial score (nSPS) is 20.7. The van der Waals surface area contributed by atoms with Crippen LogP contribution in [0.25, 0.3) is 0 Å². The van der Waals surface area contributed by atoms with Gasteiger partial charge in [0.1, 0.15) is 0 Å². The second kappa shape index (κ2) is 11.4. The van der Waals surface area contributed by atoms with E-state index >= 15 is 0 Å². The first-order chi connectivity index (χ1) is 13.3. The Balaban J connectivity index is 1.47. The molecule has 27 heavy (non-hydrogen) atoms. The van der Waals surface area contributed by atoms with Crippen LogP contribution in [0.1, 0.15) is 50.1 Å². The molecule has 0 aromatic heterocycles. The predicted molar refractivity (Wildman–Crippen MR) is 109 cm³/mol. The van der Waals surface area contributed by atoms with Gasteiger partial charge in [-0.2, -0.15) is 0 Å². The van der Waals surface area contributed by atoms with Crippen molar-refractivity contribution in [2.45, 2.75) is 44.6 Å². The van der Waals surface area contributed by atoms with Crippen molar-refractivity contribution in [3.63, 3.8) is 0 Å². The number of carbonyl (C=O) groups is 1. The Bertz CT molecular complexity index is 538. The smallest absolute Gasteiger partial charge is 0.220 e. The number of morpholine rings is 1. The maximum Gasteiger partial charge on any atom is 0.220 e. The van der Waals surface area contributed by atoms with Gasteiger partial charge in [-0.1, -0.05) is 43.2 Å². The molecule has 1 aromatic carbocycles. The van der Waals surface area contributed by atoms with Crippen LogP contribution in [-0.2, 0) is 9.53 Å². The van der Waals surface area contributed by atoms with E-state index in [1.807, 2.05) is 0 Å². The van der Waals surface area contributed by atoms with E-state index in [0.29, 0.717) is 13.0 Å². The zero-order chi connectivity index (χ0) is 18.7. The zero-order valence-corrected chi connectivity index (χ0v) is 16.6. The standard InChI is InChI=1S/C22H35N3O2/c26-22(11-8-12-24-15-17-27-18-16-24)23-19-21(20-9-4-3-5-10-20)25-13-6-1-2-7-14-25/h3-5,9-10,21H,1-2,6-8,11-19H2,(H,23,26). The van der Waals surface area contributed by atoms with Crippen molar-refractivity contribution in [3.05, 3.63) is 35.9 Å². The van der Waals surface area contributed by atoms with Crippen LogP contribution in [0.2, 0.25) is 0 Å². The summed E-state index contributed by atoms with van der Waals surface area (Å²) in [4.78, 5) is 17.4. The van der Waals surface area contributed by atoms with Crippen LogP contribution < -0.4 is 5.32 Å². The van der Waals surface area contributed by atoms with E-state index in [4.69, 9.17) is 4.74 Å². The van der Waals surface area contributed by atoms with E-state index < -0.39 is 0 Å². The van der Waals surface area contributed by atoms with Crippen LogP contribution in [0.5, 0.6) is 0 Å². The molecule has 2 aliphatic rings. The molecular weight excluding hydrogens is 338 g/mol. The second-order valence-corrected chi connectivity index (χ2v) is 7.74. The number of rotatable bonds is 8. The first-order valence-electron chi connectivity index (χ1n) is 10.7. The Kier molecular flexibility index (Phi) is 8.59. The van der Waals surface area contributed by atoms with E-state index in [0.717, 1.165) is 52.4 Å². The van der Waals surface area contributed by atoms with Crippen molar-refractivity contribution in [3.8, 4) is 0 Å². The van der Waals surface area contributed by atoms with Crippen LogP contribution in [0.3, 0.4) is 0 Å². The van der Waals surface area contributed by atoms with E-state index in [9.17, 15) is 4.79 Å². The zero-order valence-electron chi connectivity index (χ0n) is 16.6. The van der Waals surface area contributed by atoms with Crippen LogP contribution in [0.15, 0.2) is 30.3 Å². The average molecular weight is 374 g/mol. The molecule has 5 nitrogen and oxygen atoms in total. The molecular formula is C22H35N3O2. The minimum absolute atomic E-state index is 0.180. The molecule has 2 fully saturated rings. The summed E-state index contributed by atoms with van der Waals surface area (Å²) >= 11 is 0. The van der Waals surface area contributed by atoms with Crippen molar-refractivity contribution in [1.29, 1.82) is 0 Å². The van der Waals surface area contributed by atoms with Gasteiger partial charge in [-0.25, -0.2) is 0 Å². The van der Waals surface area contributed by atoms with Gasteiger partial charge in [0.2, 0.25) is 5.91 Å².